The van der Waals surface area contributed by atoms with E-state index < -0.39 is 0 Å². The Hall–Kier alpha value is -1.59. The van der Waals surface area contributed by atoms with Gasteiger partial charge in [0.05, 0.1) is 18.6 Å². The molecule has 2 heterocycles. The molecule has 1 aliphatic heterocycles. The third-order valence-corrected chi connectivity index (χ3v) is 3.58. The molecule has 1 saturated heterocycles. The first-order chi connectivity index (χ1) is 9.34. The number of anilines is 1. The monoisotopic (exact) mass is 261 g/mol. The minimum atomic E-state index is 0.843. The van der Waals surface area contributed by atoms with Crippen LogP contribution in [-0.2, 0) is 4.74 Å². The van der Waals surface area contributed by atoms with Gasteiger partial charge in [0.2, 0.25) is 0 Å². The Morgan fingerprint density at radius 1 is 1.26 bits per heavy atom. The second kappa shape index (κ2) is 5.59. The van der Waals surface area contributed by atoms with Gasteiger partial charge in [0.1, 0.15) is 0 Å². The summed E-state index contributed by atoms with van der Waals surface area (Å²) in [5, 5.41) is 5.24. The zero-order valence-electron chi connectivity index (χ0n) is 11.2. The first-order valence-electron chi connectivity index (χ1n) is 6.70. The van der Waals surface area contributed by atoms with Crippen molar-refractivity contribution in [3.63, 3.8) is 0 Å². The van der Waals surface area contributed by atoms with Crippen LogP contribution in [0.5, 0.6) is 0 Å². The average Bonchev–Trinajstić information content (AvgIpc) is 2.90. The quantitative estimate of drug-likeness (QED) is 0.836. The topological polar surface area (TPSA) is 41.7 Å². The van der Waals surface area contributed by atoms with Crippen LogP contribution < -0.4 is 4.90 Å². The smallest absolute Gasteiger partial charge is 0.179 e. The molecule has 0 atom stereocenters. The molecule has 19 heavy (non-hydrogen) atoms. The minimum Gasteiger partial charge on any atom is -0.379 e. The van der Waals surface area contributed by atoms with Gasteiger partial charge in [-0.2, -0.15) is 0 Å². The van der Waals surface area contributed by atoms with Crippen LogP contribution in [0, 0.1) is 0 Å². The molecular formula is C14H19N3O2. The number of hydrogen-bond acceptors (Lipinski definition) is 5. The lowest BCUT2D eigenvalue weighted by atomic mass is 10.2. The van der Waals surface area contributed by atoms with E-state index in [2.05, 4.69) is 22.0 Å². The number of morpholine rings is 1. The molecule has 0 saturated carbocycles. The van der Waals surface area contributed by atoms with Crippen LogP contribution in [0.15, 0.2) is 28.8 Å². The fraction of sp³-hybridized carbons (Fsp3) is 0.500. The summed E-state index contributed by atoms with van der Waals surface area (Å²) >= 11 is 0. The van der Waals surface area contributed by atoms with Crippen LogP contribution in [0.1, 0.15) is 0 Å². The Morgan fingerprint density at radius 3 is 2.89 bits per heavy atom. The summed E-state index contributed by atoms with van der Waals surface area (Å²) in [7, 11) is 2.06. The molecule has 5 heteroatoms. The molecule has 1 fully saturated rings. The highest BCUT2D eigenvalue weighted by Crippen LogP contribution is 2.24. The molecule has 0 spiro atoms. The molecule has 102 valence electrons. The SMILES string of the molecule is CN(CCN1CCOCC1)c1noc2ccccc12. The van der Waals surface area contributed by atoms with Gasteiger partial charge in [-0.25, -0.2) is 0 Å². The number of nitrogens with zero attached hydrogens (tertiary/aromatic N) is 3. The maximum Gasteiger partial charge on any atom is 0.179 e. The normalized spacial score (nSPS) is 16.9. The van der Waals surface area contributed by atoms with Gasteiger partial charge < -0.3 is 14.2 Å². The van der Waals surface area contributed by atoms with Gasteiger partial charge in [0.25, 0.3) is 0 Å². The van der Waals surface area contributed by atoms with E-state index in [0.717, 1.165) is 56.2 Å². The fourth-order valence-electron chi connectivity index (χ4n) is 2.37. The Balaban J connectivity index is 1.64. The number of para-hydroxylation sites is 1. The molecule has 5 nitrogen and oxygen atoms in total. The van der Waals surface area contributed by atoms with Crippen LogP contribution in [0.25, 0.3) is 11.0 Å². The summed E-state index contributed by atoms with van der Waals surface area (Å²) in [6.45, 7) is 5.70. The molecule has 1 aromatic carbocycles. The third-order valence-electron chi connectivity index (χ3n) is 3.58. The fourth-order valence-corrected chi connectivity index (χ4v) is 2.37. The highest BCUT2D eigenvalue weighted by atomic mass is 16.5. The van der Waals surface area contributed by atoms with E-state index in [4.69, 9.17) is 9.26 Å². The lowest BCUT2D eigenvalue weighted by molar-refractivity contribution is 0.0392. The zero-order chi connectivity index (χ0) is 13.1. The Bertz CT molecular complexity index is 534. The summed E-state index contributed by atoms with van der Waals surface area (Å²) in [6, 6.07) is 7.97. The summed E-state index contributed by atoms with van der Waals surface area (Å²) in [5.41, 5.74) is 0.843. The lowest BCUT2D eigenvalue weighted by Crippen LogP contribution is -2.40. The van der Waals surface area contributed by atoms with Gasteiger partial charge in [0, 0.05) is 33.2 Å². The predicted octanol–water partition coefficient (Wildman–Crippen LogP) is 1.60. The lowest BCUT2D eigenvalue weighted by Gasteiger charge is -2.28. The van der Waals surface area contributed by atoms with Gasteiger partial charge >= 0.3 is 0 Å². The summed E-state index contributed by atoms with van der Waals surface area (Å²) in [6.07, 6.45) is 0. The van der Waals surface area contributed by atoms with Crippen LogP contribution >= 0.6 is 0 Å². The molecule has 0 amide bonds. The van der Waals surface area contributed by atoms with Crippen LogP contribution in [0.2, 0.25) is 0 Å². The molecule has 1 aromatic heterocycles. The first-order valence-corrected chi connectivity index (χ1v) is 6.70. The largest absolute Gasteiger partial charge is 0.379 e. The minimum absolute atomic E-state index is 0.843. The second-order valence-corrected chi connectivity index (χ2v) is 4.88. The maximum absolute atomic E-state index is 5.35. The molecule has 0 radical (unpaired) electrons. The van der Waals surface area contributed by atoms with E-state index in [0.29, 0.717) is 0 Å². The number of ether oxygens (including phenoxy) is 1. The predicted molar refractivity (Wildman–Crippen MR) is 74.5 cm³/mol. The van der Waals surface area contributed by atoms with E-state index in [1.807, 2.05) is 24.3 Å². The van der Waals surface area contributed by atoms with Crippen molar-refractivity contribution in [2.75, 3.05) is 51.3 Å². The molecule has 0 unspecified atom stereocenters. The summed E-state index contributed by atoms with van der Waals surface area (Å²) in [4.78, 5) is 4.57. The number of benzene rings is 1. The second-order valence-electron chi connectivity index (χ2n) is 4.88. The van der Waals surface area contributed by atoms with E-state index in [1.54, 1.807) is 0 Å². The number of hydrogen-bond donors (Lipinski definition) is 0. The standard InChI is InChI=1S/C14H19N3O2/c1-16(6-7-17-8-10-18-11-9-17)14-12-4-2-3-5-13(12)19-15-14/h2-5H,6-11H2,1H3. The van der Waals surface area contributed by atoms with Crippen LogP contribution in [0.4, 0.5) is 5.82 Å². The van der Waals surface area contributed by atoms with Crippen LogP contribution in [0.3, 0.4) is 0 Å². The zero-order valence-corrected chi connectivity index (χ0v) is 11.2. The van der Waals surface area contributed by atoms with Crippen LogP contribution in [-0.4, -0.2) is 56.5 Å². The Morgan fingerprint density at radius 2 is 2.05 bits per heavy atom. The van der Waals surface area contributed by atoms with Crippen molar-refractivity contribution in [2.45, 2.75) is 0 Å². The van der Waals surface area contributed by atoms with Crippen molar-refractivity contribution in [3.05, 3.63) is 24.3 Å². The molecule has 0 bridgehead atoms. The van der Waals surface area contributed by atoms with E-state index >= 15 is 0 Å². The van der Waals surface area contributed by atoms with Crippen molar-refractivity contribution >= 4 is 16.8 Å². The Kier molecular flexibility index (Phi) is 3.66. The number of rotatable bonds is 4. The number of fused-ring (bicyclic) bond motifs is 1. The molecule has 3 rings (SSSR count). The third kappa shape index (κ3) is 2.72. The molecule has 0 aliphatic carbocycles. The molecule has 1 aliphatic rings. The van der Waals surface area contributed by atoms with Gasteiger partial charge in [-0.3, -0.25) is 4.90 Å². The Labute approximate surface area is 112 Å². The van der Waals surface area contributed by atoms with E-state index in [1.165, 1.54) is 0 Å². The molecule has 0 N–H and O–H groups in total. The van der Waals surface area contributed by atoms with Gasteiger partial charge in [-0.1, -0.05) is 17.3 Å². The van der Waals surface area contributed by atoms with Crippen molar-refractivity contribution in [1.29, 1.82) is 0 Å². The molecular weight excluding hydrogens is 242 g/mol. The van der Waals surface area contributed by atoms with Gasteiger partial charge in [0.15, 0.2) is 11.4 Å². The summed E-state index contributed by atoms with van der Waals surface area (Å²) in [5.74, 6) is 0.920. The van der Waals surface area contributed by atoms with Crippen molar-refractivity contribution in [1.82, 2.24) is 10.1 Å². The first kappa shape index (κ1) is 12.4. The van der Waals surface area contributed by atoms with Gasteiger partial charge in [-0.05, 0) is 12.1 Å². The van der Waals surface area contributed by atoms with Crippen molar-refractivity contribution in [2.24, 2.45) is 0 Å². The maximum atomic E-state index is 5.35. The van der Waals surface area contributed by atoms with E-state index in [-0.39, 0.29) is 0 Å². The van der Waals surface area contributed by atoms with E-state index in [9.17, 15) is 0 Å². The highest BCUT2D eigenvalue weighted by molar-refractivity contribution is 5.88. The number of likely N-dealkylation sites (N-methyl/N-ethyl adjacent to an activating group) is 1. The van der Waals surface area contributed by atoms with Crippen molar-refractivity contribution < 1.29 is 9.26 Å². The highest BCUT2D eigenvalue weighted by Gasteiger charge is 2.14. The molecule has 2 aromatic rings. The number of aromatic nitrogens is 1. The summed E-state index contributed by atoms with van der Waals surface area (Å²) < 4.78 is 10.7. The average molecular weight is 261 g/mol. The van der Waals surface area contributed by atoms with Crippen molar-refractivity contribution in [3.8, 4) is 0 Å². The van der Waals surface area contributed by atoms with Gasteiger partial charge in [-0.15, -0.1) is 0 Å².